The van der Waals surface area contributed by atoms with Crippen molar-refractivity contribution in [3.8, 4) is 11.5 Å². The molecule has 1 fully saturated rings. The lowest BCUT2D eigenvalue weighted by Gasteiger charge is -2.17. The van der Waals surface area contributed by atoms with Crippen LogP contribution >= 0.6 is 0 Å². The molecule has 0 N–H and O–H groups in total. The van der Waals surface area contributed by atoms with Crippen LogP contribution in [0.25, 0.3) is 0 Å². The lowest BCUT2D eigenvalue weighted by Crippen LogP contribution is -2.23. The molecule has 6 nitrogen and oxygen atoms in total. The van der Waals surface area contributed by atoms with E-state index in [4.69, 9.17) is 9.47 Å². The second kappa shape index (κ2) is 9.22. The van der Waals surface area contributed by atoms with Crippen LogP contribution in [0.15, 0.2) is 36.4 Å². The van der Waals surface area contributed by atoms with Crippen molar-refractivity contribution >= 4 is 21.8 Å². The van der Waals surface area contributed by atoms with Crippen molar-refractivity contribution in [2.45, 2.75) is 40.5 Å². The first-order valence-electron chi connectivity index (χ1n) is 10.3. The molecule has 1 saturated heterocycles. The second-order valence-electron chi connectivity index (χ2n) is 8.45. The van der Waals surface area contributed by atoms with Gasteiger partial charge in [-0.25, -0.2) is 8.42 Å². The van der Waals surface area contributed by atoms with E-state index in [0.29, 0.717) is 11.5 Å². The number of hydrogen-bond acceptors (Lipinski definition) is 6. The van der Waals surface area contributed by atoms with E-state index < -0.39 is 33.6 Å². The van der Waals surface area contributed by atoms with Crippen LogP contribution in [0, 0.1) is 39.5 Å². The van der Waals surface area contributed by atoms with E-state index in [2.05, 4.69) is 0 Å². The molecule has 0 spiro atoms. The summed E-state index contributed by atoms with van der Waals surface area (Å²) in [5.74, 6) is -1.35. The SMILES string of the molecule is Cc1ccc(OC(=O)C[C@@H]2CS(=O)(=O)C[C@@H]2CC(=O)Oc2ccc(C)c(C)c2)cc1C. The van der Waals surface area contributed by atoms with E-state index in [1.54, 1.807) is 24.3 Å². The number of benzene rings is 2. The van der Waals surface area contributed by atoms with E-state index in [9.17, 15) is 18.0 Å². The maximum absolute atomic E-state index is 12.4. The molecule has 3 rings (SSSR count). The second-order valence-corrected chi connectivity index (χ2v) is 10.6. The minimum absolute atomic E-state index is 0.0618. The summed E-state index contributed by atoms with van der Waals surface area (Å²) in [7, 11) is -3.32. The molecule has 166 valence electrons. The Labute approximate surface area is 183 Å². The highest BCUT2D eigenvalue weighted by Gasteiger charge is 2.40. The van der Waals surface area contributed by atoms with Crippen LogP contribution in [0.4, 0.5) is 0 Å². The van der Waals surface area contributed by atoms with Gasteiger partial charge < -0.3 is 9.47 Å². The molecule has 1 aliphatic rings. The van der Waals surface area contributed by atoms with Gasteiger partial charge in [0.2, 0.25) is 0 Å². The molecule has 0 saturated carbocycles. The van der Waals surface area contributed by atoms with Crippen LogP contribution in [-0.4, -0.2) is 31.9 Å². The van der Waals surface area contributed by atoms with Crippen molar-refractivity contribution in [3.63, 3.8) is 0 Å². The van der Waals surface area contributed by atoms with Crippen molar-refractivity contribution in [3.05, 3.63) is 58.7 Å². The number of hydrogen-bond donors (Lipinski definition) is 0. The Morgan fingerprint density at radius 2 is 1.13 bits per heavy atom. The first-order valence-corrected chi connectivity index (χ1v) is 12.1. The molecule has 7 heteroatoms. The topological polar surface area (TPSA) is 86.7 Å². The lowest BCUT2D eigenvalue weighted by molar-refractivity contribution is -0.138. The molecule has 0 unspecified atom stereocenters. The smallest absolute Gasteiger partial charge is 0.311 e. The molecule has 2 atom stereocenters. The van der Waals surface area contributed by atoms with Crippen LogP contribution in [-0.2, 0) is 19.4 Å². The zero-order valence-electron chi connectivity index (χ0n) is 18.3. The average Bonchev–Trinajstić information content (AvgIpc) is 2.94. The molecular formula is C24H28O6S. The highest BCUT2D eigenvalue weighted by atomic mass is 32.2. The number of rotatable bonds is 6. The molecule has 1 heterocycles. The molecule has 0 aliphatic carbocycles. The van der Waals surface area contributed by atoms with E-state index in [1.165, 1.54) is 0 Å². The van der Waals surface area contributed by atoms with Crippen LogP contribution in [0.3, 0.4) is 0 Å². The van der Waals surface area contributed by atoms with Gasteiger partial charge in [0.1, 0.15) is 11.5 Å². The Bertz CT molecular complexity index is 1020. The van der Waals surface area contributed by atoms with Gasteiger partial charge in [-0.05, 0) is 86.1 Å². The van der Waals surface area contributed by atoms with Crippen molar-refractivity contribution in [1.82, 2.24) is 0 Å². The molecule has 0 aromatic heterocycles. The van der Waals surface area contributed by atoms with Gasteiger partial charge in [-0.1, -0.05) is 12.1 Å². The van der Waals surface area contributed by atoms with Gasteiger partial charge in [0.05, 0.1) is 24.3 Å². The minimum Gasteiger partial charge on any atom is -0.427 e. The van der Waals surface area contributed by atoms with Gasteiger partial charge in [0, 0.05) is 0 Å². The van der Waals surface area contributed by atoms with E-state index in [0.717, 1.165) is 22.3 Å². The molecule has 0 radical (unpaired) electrons. The highest BCUT2D eigenvalue weighted by Crippen LogP contribution is 2.32. The van der Waals surface area contributed by atoms with E-state index >= 15 is 0 Å². The summed E-state index contributed by atoms with van der Waals surface area (Å²) in [6.45, 7) is 7.78. The number of carbonyl (C=O) groups is 2. The number of ether oxygens (including phenoxy) is 2. The summed E-state index contributed by atoms with van der Waals surface area (Å²) in [4.78, 5) is 24.9. The summed E-state index contributed by atoms with van der Waals surface area (Å²) in [5.41, 5.74) is 4.18. The fraction of sp³-hybridized carbons (Fsp3) is 0.417. The molecule has 1 aliphatic heterocycles. The summed E-state index contributed by atoms with van der Waals surface area (Å²) >= 11 is 0. The van der Waals surface area contributed by atoms with Crippen molar-refractivity contribution in [1.29, 1.82) is 0 Å². The molecule has 2 aromatic carbocycles. The van der Waals surface area contributed by atoms with Crippen molar-refractivity contribution < 1.29 is 27.5 Å². The zero-order valence-corrected chi connectivity index (χ0v) is 19.1. The maximum Gasteiger partial charge on any atom is 0.311 e. The summed E-state index contributed by atoms with van der Waals surface area (Å²) < 4.78 is 35.2. The standard InChI is InChI=1S/C24H28O6S/c1-15-5-7-21(9-17(15)3)29-23(25)11-19-13-31(27,28)14-20(19)12-24(26)30-22-8-6-16(2)18(4)10-22/h5-10,19-20H,11-14H2,1-4H3/t19-,20+. The normalized spacial score (nSPS) is 19.7. The highest BCUT2D eigenvalue weighted by molar-refractivity contribution is 7.91. The summed E-state index contributed by atoms with van der Waals surface area (Å²) in [6.07, 6.45) is -0.124. The molecule has 2 aromatic rings. The van der Waals surface area contributed by atoms with Crippen LogP contribution in [0.1, 0.15) is 35.1 Å². The van der Waals surface area contributed by atoms with Crippen LogP contribution < -0.4 is 9.47 Å². The van der Waals surface area contributed by atoms with E-state index in [-0.39, 0.29) is 24.3 Å². The lowest BCUT2D eigenvalue weighted by atomic mass is 9.90. The number of carbonyl (C=O) groups excluding carboxylic acids is 2. The molecule has 0 amide bonds. The average molecular weight is 445 g/mol. The number of aryl methyl sites for hydroxylation is 4. The van der Waals surface area contributed by atoms with Crippen LogP contribution in [0.2, 0.25) is 0 Å². The predicted octanol–water partition coefficient (Wildman–Crippen LogP) is 3.87. The predicted molar refractivity (Wildman–Crippen MR) is 118 cm³/mol. The van der Waals surface area contributed by atoms with Gasteiger partial charge >= 0.3 is 11.9 Å². The fourth-order valence-corrected chi connectivity index (χ4v) is 5.99. The Balaban J connectivity index is 1.63. The molecule has 0 bridgehead atoms. The third-order valence-corrected chi connectivity index (χ3v) is 7.75. The third kappa shape index (κ3) is 6.17. The maximum atomic E-state index is 12.4. The first-order chi connectivity index (χ1) is 14.5. The van der Waals surface area contributed by atoms with Gasteiger partial charge in [0.25, 0.3) is 0 Å². The molecular weight excluding hydrogens is 416 g/mol. The van der Waals surface area contributed by atoms with Gasteiger partial charge in [-0.2, -0.15) is 0 Å². The Morgan fingerprint density at radius 1 is 0.742 bits per heavy atom. The molecule has 31 heavy (non-hydrogen) atoms. The number of sulfone groups is 1. The largest absolute Gasteiger partial charge is 0.427 e. The Hall–Kier alpha value is -2.67. The summed E-state index contributed by atoms with van der Waals surface area (Å²) in [5, 5.41) is 0. The number of esters is 2. The van der Waals surface area contributed by atoms with Crippen molar-refractivity contribution in [2.75, 3.05) is 11.5 Å². The quantitative estimate of drug-likeness (QED) is 0.497. The van der Waals surface area contributed by atoms with E-state index in [1.807, 2.05) is 39.8 Å². The Morgan fingerprint density at radius 3 is 1.48 bits per heavy atom. The van der Waals surface area contributed by atoms with Gasteiger partial charge in [0.15, 0.2) is 9.84 Å². The van der Waals surface area contributed by atoms with Gasteiger partial charge in [-0.3, -0.25) is 9.59 Å². The monoisotopic (exact) mass is 444 g/mol. The zero-order chi connectivity index (χ0) is 22.8. The first kappa shape index (κ1) is 23.0. The third-order valence-electron chi connectivity index (χ3n) is 5.88. The minimum atomic E-state index is -3.32. The van der Waals surface area contributed by atoms with Crippen LogP contribution in [0.5, 0.6) is 11.5 Å². The van der Waals surface area contributed by atoms with Crippen molar-refractivity contribution in [2.24, 2.45) is 11.8 Å². The van der Waals surface area contributed by atoms with Gasteiger partial charge in [-0.15, -0.1) is 0 Å². The fourth-order valence-electron chi connectivity index (χ4n) is 3.77. The summed E-state index contributed by atoms with van der Waals surface area (Å²) in [6, 6.07) is 10.7. The Kier molecular flexibility index (Phi) is 6.84.